The average molecular weight is 265 g/mol. The maximum absolute atomic E-state index is 11.6. The van der Waals surface area contributed by atoms with E-state index in [1.54, 1.807) is 26.1 Å². The van der Waals surface area contributed by atoms with E-state index in [0.717, 1.165) is 0 Å². The van der Waals surface area contributed by atoms with Crippen molar-refractivity contribution in [1.29, 1.82) is 0 Å². The van der Waals surface area contributed by atoms with E-state index in [2.05, 4.69) is 20.7 Å². The minimum Gasteiger partial charge on any atom is -0.466 e. The molecule has 0 saturated carbocycles. The highest BCUT2D eigenvalue weighted by Gasteiger charge is 2.26. The minimum atomic E-state index is -1.28. The summed E-state index contributed by atoms with van der Waals surface area (Å²) in [7, 11) is 1.65. The Balaban J connectivity index is 1.89. The SMILES string of the molecule is Cn1ncnc1NC(=O)NC[C@@](C)(O)c1ccco1. The van der Waals surface area contributed by atoms with Crippen molar-refractivity contribution in [1.82, 2.24) is 20.1 Å². The lowest BCUT2D eigenvalue weighted by molar-refractivity contribution is 0.0372. The molecule has 19 heavy (non-hydrogen) atoms. The smallest absolute Gasteiger partial charge is 0.321 e. The predicted octanol–water partition coefficient (Wildman–Crippen LogP) is 0.437. The third kappa shape index (κ3) is 3.10. The van der Waals surface area contributed by atoms with Crippen LogP contribution >= 0.6 is 0 Å². The molecule has 2 heterocycles. The first-order chi connectivity index (χ1) is 8.99. The molecule has 0 radical (unpaired) electrons. The Hall–Kier alpha value is -2.35. The zero-order valence-electron chi connectivity index (χ0n) is 10.6. The van der Waals surface area contributed by atoms with Gasteiger partial charge in [0.05, 0.1) is 12.8 Å². The molecule has 2 amide bonds. The summed E-state index contributed by atoms with van der Waals surface area (Å²) in [5.41, 5.74) is -1.28. The van der Waals surface area contributed by atoms with E-state index in [1.165, 1.54) is 17.3 Å². The molecular formula is C11H15N5O3. The van der Waals surface area contributed by atoms with Gasteiger partial charge in [-0.05, 0) is 19.1 Å². The molecule has 8 nitrogen and oxygen atoms in total. The normalized spacial score (nSPS) is 13.8. The zero-order chi connectivity index (χ0) is 13.9. The maximum Gasteiger partial charge on any atom is 0.321 e. The van der Waals surface area contributed by atoms with Crippen LogP contribution in [0.25, 0.3) is 0 Å². The Morgan fingerprint density at radius 1 is 1.63 bits per heavy atom. The summed E-state index contributed by atoms with van der Waals surface area (Å²) >= 11 is 0. The van der Waals surface area contributed by atoms with E-state index < -0.39 is 11.6 Å². The number of carbonyl (C=O) groups is 1. The fourth-order valence-corrected chi connectivity index (χ4v) is 1.48. The van der Waals surface area contributed by atoms with Crippen molar-refractivity contribution >= 4 is 12.0 Å². The van der Waals surface area contributed by atoms with Gasteiger partial charge >= 0.3 is 6.03 Å². The van der Waals surface area contributed by atoms with E-state index in [4.69, 9.17) is 4.42 Å². The fourth-order valence-electron chi connectivity index (χ4n) is 1.48. The van der Waals surface area contributed by atoms with Crippen LogP contribution < -0.4 is 10.6 Å². The van der Waals surface area contributed by atoms with Crippen LogP contribution in [0.15, 0.2) is 29.1 Å². The van der Waals surface area contributed by atoms with Gasteiger partial charge in [-0.15, -0.1) is 0 Å². The van der Waals surface area contributed by atoms with Gasteiger partial charge in [0.1, 0.15) is 17.7 Å². The van der Waals surface area contributed by atoms with Gasteiger partial charge in [-0.25, -0.2) is 9.48 Å². The van der Waals surface area contributed by atoms with Gasteiger partial charge in [0, 0.05) is 7.05 Å². The molecule has 1 atom stereocenters. The van der Waals surface area contributed by atoms with Crippen LogP contribution in [0.2, 0.25) is 0 Å². The number of hydrogen-bond acceptors (Lipinski definition) is 5. The molecule has 0 fully saturated rings. The van der Waals surface area contributed by atoms with E-state index in [9.17, 15) is 9.90 Å². The first-order valence-electron chi connectivity index (χ1n) is 5.64. The van der Waals surface area contributed by atoms with Crippen LogP contribution in [0.5, 0.6) is 0 Å². The standard InChI is InChI=1S/C11H15N5O3/c1-11(18,8-4-3-5-19-8)6-12-10(17)15-9-13-7-14-16(9)2/h3-5,7,18H,6H2,1-2H3,(H2,12,13,14,15,17)/t11-/m1/s1. The lowest BCUT2D eigenvalue weighted by atomic mass is 10.0. The quantitative estimate of drug-likeness (QED) is 0.743. The van der Waals surface area contributed by atoms with Crippen molar-refractivity contribution < 1.29 is 14.3 Å². The van der Waals surface area contributed by atoms with E-state index in [-0.39, 0.29) is 6.54 Å². The number of aryl methyl sites for hydroxylation is 1. The maximum atomic E-state index is 11.6. The second kappa shape index (κ2) is 5.11. The number of rotatable bonds is 4. The number of hydrogen-bond donors (Lipinski definition) is 3. The van der Waals surface area contributed by atoms with E-state index in [1.807, 2.05) is 0 Å². The molecule has 8 heteroatoms. The molecular weight excluding hydrogens is 250 g/mol. The Kier molecular flexibility index (Phi) is 3.52. The molecule has 2 aromatic rings. The summed E-state index contributed by atoms with van der Waals surface area (Å²) in [4.78, 5) is 15.5. The summed E-state index contributed by atoms with van der Waals surface area (Å²) in [5.74, 6) is 0.696. The largest absolute Gasteiger partial charge is 0.466 e. The molecule has 2 aromatic heterocycles. The fraction of sp³-hybridized carbons (Fsp3) is 0.364. The number of carbonyl (C=O) groups excluding carboxylic acids is 1. The summed E-state index contributed by atoms with van der Waals surface area (Å²) in [6.45, 7) is 1.55. The molecule has 2 rings (SSSR count). The van der Waals surface area contributed by atoms with E-state index >= 15 is 0 Å². The number of nitrogens with zero attached hydrogens (tertiary/aromatic N) is 3. The van der Waals surface area contributed by atoms with Crippen LogP contribution in [-0.2, 0) is 12.6 Å². The zero-order valence-corrected chi connectivity index (χ0v) is 10.6. The number of amides is 2. The number of urea groups is 1. The molecule has 0 aromatic carbocycles. The molecule has 102 valence electrons. The lowest BCUT2D eigenvalue weighted by Crippen LogP contribution is -2.40. The van der Waals surface area contributed by atoms with Crippen molar-refractivity contribution in [2.45, 2.75) is 12.5 Å². The third-order valence-electron chi connectivity index (χ3n) is 2.58. The first kappa shape index (κ1) is 13.1. The van der Waals surface area contributed by atoms with Gasteiger partial charge in [-0.3, -0.25) is 5.32 Å². The number of nitrogens with one attached hydrogen (secondary N) is 2. The molecule has 0 saturated heterocycles. The van der Waals surface area contributed by atoms with Crippen molar-refractivity contribution in [3.8, 4) is 0 Å². The summed E-state index contributed by atoms with van der Waals surface area (Å²) in [6, 6.07) is 2.83. The van der Waals surface area contributed by atoms with Gasteiger partial charge in [0.2, 0.25) is 5.95 Å². The van der Waals surface area contributed by atoms with Crippen molar-refractivity contribution in [2.75, 3.05) is 11.9 Å². The summed E-state index contributed by atoms with van der Waals surface area (Å²) in [5, 5.41) is 19.0. The minimum absolute atomic E-state index is 0.00416. The molecule has 0 aliphatic carbocycles. The Morgan fingerprint density at radius 3 is 3.00 bits per heavy atom. The van der Waals surface area contributed by atoms with Gasteiger partial charge < -0.3 is 14.8 Å². The Bertz CT molecular complexity index is 546. The second-order valence-corrected chi connectivity index (χ2v) is 4.27. The highest BCUT2D eigenvalue weighted by atomic mass is 16.4. The predicted molar refractivity (Wildman–Crippen MR) is 66.3 cm³/mol. The molecule has 0 aliphatic rings. The first-order valence-corrected chi connectivity index (χ1v) is 5.64. The Labute approximate surface area is 109 Å². The van der Waals surface area contributed by atoms with Crippen LogP contribution in [-0.4, -0.2) is 32.4 Å². The molecule has 0 aliphatic heterocycles. The topological polar surface area (TPSA) is 105 Å². The second-order valence-electron chi connectivity index (χ2n) is 4.27. The third-order valence-corrected chi connectivity index (χ3v) is 2.58. The lowest BCUT2D eigenvalue weighted by Gasteiger charge is -2.21. The van der Waals surface area contributed by atoms with Gasteiger partial charge in [-0.2, -0.15) is 10.1 Å². The monoisotopic (exact) mass is 265 g/mol. The molecule has 0 bridgehead atoms. The molecule has 0 unspecified atom stereocenters. The van der Waals surface area contributed by atoms with Crippen LogP contribution in [0, 0.1) is 0 Å². The number of aliphatic hydroxyl groups is 1. The van der Waals surface area contributed by atoms with E-state index in [0.29, 0.717) is 11.7 Å². The van der Waals surface area contributed by atoms with Crippen LogP contribution in [0.1, 0.15) is 12.7 Å². The Morgan fingerprint density at radius 2 is 2.42 bits per heavy atom. The van der Waals surface area contributed by atoms with Gasteiger partial charge in [0.15, 0.2) is 0 Å². The van der Waals surface area contributed by atoms with Crippen molar-refractivity contribution in [2.24, 2.45) is 7.05 Å². The number of furan rings is 1. The summed E-state index contributed by atoms with van der Waals surface area (Å²) in [6.07, 6.45) is 2.79. The average Bonchev–Trinajstić information content (AvgIpc) is 3.00. The molecule has 3 N–H and O–H groups in total. The highest BCUT2D eigenvalue weighted by Crippen LogP contribution is 2.19. The van der Waals surface area contributed by atoms with Gasteiger partial charge in [0.25, 0.3) is 0 Å². The molecule has 0 spiro atoms. The van der Waals surface area contributed by atoms with Crippen LogP contribution in [0.4, 0.5) is 10.7 Å². The summed E-state index contributed by atoms with van der Waals surface area (Å²) < 4.78 is 6.53. The van der Waals surface area contributed by atoms with Crippen LogP contribution in [0.3, 0.4) is 0 Å². The number of anilines is 1. The number of aromatic nitrogens is 3. The highest BCUT2D eigenvalue weighted by molar-refractivity contribution is 5.87. The van der Waals surface area contributed by atoms with Crippen molar-refractivity contribution in [3.63, 3.8) is 0 Å². The van der Waals surface area contributed by atoms with Crippen molar-refractivity contribution in [3.05, 3.63) is 30.5 Å². The van der Waals surface area contributed by atoms with Gasteiger partial charge in [-0.1, -0.05) is 0 Å².